The summed E-state index contributed by atoms with van der Waals surface area (Å²) in [7, 11) is 0. The van der Waals surface area contributed by atoms with E-state index in [1.54, 1.807) is 0 Å². The fourth-order valence-electron chi connectivity index (χ4n) is 2.71. The van der Waals surface area contributed by atoms with Gasteiger partial charge in [-0.25, -0.2) is 0 Å². The number of aliphatic carboxylic acids is 1. The van der Waals surface area contributed by atoms with Gasteiger partial charge in [-0.05, 0) is 19.3 Å². The van der Waals surface area contributed by atoms with Crippen molar-refractivity contribution in [3.05, 3.63) is 12.2 Å². The molecule has 0 radical (unpaired) electrons. The molecule has 0 bridgehead atoms. The highest BCUT2D eigenvalue weighted by Crippen LogP contribution is 2.37. The first kappa shape index (κ1) is 17.3. The zero-order chi connectivity index (χ0) is 16.0. The number of carbonyl (C=O) groups is 3. The van der Waals surface area contributed by atoms with Gasteiger partial charge in [-0.1, -0.05) is 0 Å². The molecule has 1 rings (SSSR count). The summed E-state index contributed by atoms with van der Waals surface area (Å²) in [5, 5.41) is 37.0. The van der Waals surface area contributed by atoms with E-state index in [0.717, 1.165) is 17.1 Å². The molecule has 0 saturated carbocycles. The standard InChI is InChI=1S/C13H19NO7/c15-6-3-9(14-10(18)1-2-11(14)19)13(4-7-16,5-8-17)12(20)21/h1-2,9,15-17H,3-8H2,(H,20,21)/t9-/m0/s1. The van der Waals surface area contributed by atoms with Crippen molar-refractivity contribution in [3.8, 4) is 0 Å². The summed E-state index contributed by atoms with van der Waals surface area (Å²) in [6.45, 7) is -1.41. The molecule has 118 valence electrons. The average Bonchev–Trinajstić information content (AvgIpc) is 2.75. The summed E-state index contributed by atoms with van der Waals surface area (Å²) in [6, 6.07) is -1.14. The van der Waals surface area contributed by atoms with Gasteiger partial charge < -0.3 is 20.4 Å². The van der Waals surface area contributed by atoms with Gasteiger partial charge in [0.05, 0.1) is 11.5 Å². The SMILES string of the molecule is O=C1C=CC(=O)N1[C@@H](CCO)C(CCO)(CCO)C(=O)O. The van der Waals surface area contributed by atoms with Gasteiger partial charge in [0.15, 0.2) is 0 Å². The van der Waals surface area contributed by atoms with Crippen LogP contribution in [0.5, 0.6) is 0 Å². The van der Waals surface area contributed by atoms with Crippen molar-refractivity contribution in [1.82, 2.24) is 4.90 Å². The summed E-state index contributed by atoms with van der Waals surface area (Å²) < 4.78 is 0. The topological polar surface area (TPSA) is 135 Å². The zero-order valence-electron chi connectivity index (χ0n) is 11.4. The Morgan fingerprint density at radius 2 is 1.52 bits per heavy atom. The van der Waals surface area contributed by atoms with Crippen LogP contribution in [0.4, 0.5) is 0 Å². The lowest BCUT2D eigenvalue weighted by molar-refractivity contribution is -0.161. The Kier molecular flexibility index (Phi) is 6.01. The second kappa shape index (κ2) is 7.30. The lowest BCUT2D eigenvalue weighted by Gasteiger charge is -2.40. The molecule has 8 nitrogen and oxygen atoms in total. The van der Waals surface area contributed by atoms with Crippen LogP contribution < -0.4 is 0 Å². The van der Waals surface area contributed by atoms with Gasteiger partial charge >= 0.3 is 5.97 Å². The normalized spacial score (nSPS) is 16.6. The van der Waals surface area contributed by atoms with E-state index in [1.807, 2.05) is 0 Å². The Hall–Kier alpha value is -1.77. The fraction of sp³-hybridized carbons (Fsp3) is 0.615. The Morgan fingerprint density at radius 3 is 1.86 bits per heavy atom. The minimum absolute atomic E-state index is 0.147. The van der Waals surface area contributed by atoms with E-state index in [1.165, 1.54) is 0 Å². The first-order chi connectivity index (χ1) is 9.94. The second-order valence-electron chi connectivity index (χ2n) is 4.82. The quantitative estimate of drug-likeness (QED) is 0.380. The zero-order valence-corrected chi connectivity index (χ0v) is 11.4. The molecule has 4 N–H and O–H groups in total. The molecule has 0 spiro atoms. The lowest BCUT2D eigenvalue weighted by atomic mass is 9.72. The molecular weight excluding hydrogens is 282 g/mol. The highest BCUT2D eigenvalue weighted by molar-refractivity contribution is 6.13. The third-order valence-electron chi connectivity index (χ3n) is 3.74. The van der Waals surface area contributed by atoms with Gasteiger partial charge in [0.1, 0.15) is 0 Å². The van der Waals surface area contributed by atoms with Crippen LogP contribution in [0.1, 0.15) is 19.3 Å². The number of carbonyl (C=O) groups excluding carboxylic acids is 2. The summed E-state index contributed by atoms with van der Waals surface area (Å²) in [5.74, 6) is -2.67. The molecule has 0 fully saturated rings. The second-order valence-corrected chi connectivity index (χ2v) is 4.82. The van der Waals surface area contributed by atoms with Crippen molar-refractivity contribution >= 4 is 17.8 Å². The van der Waals surface area contributed by atoms with E-state index in [-0.39, 0.29) is 19.3 Å². The third kappa shape index (κ3) is 3.29. The van der Waals surface area contributed by atoms with Gasteiger partial charge in [-0.2, -0.15) is 0 Å². The Balaban J connectivity index is 3.27. The fourth-order valence-corrected chi connectivity index (χ4v) is 2.71. The van der Waals surface area contributed by atoms with Crippen LogP contribution in [0.25, 0.3) is 0 Å². The van der Waals surface area contributed by atoms with Crippen LogP contribution in [0.3, 0.4) is 0 Å². The number of carboxylic acids is 1. The summed E-state index contributed by atoms with van der Waals surface area (Å²) in [4.78, 5) is 36.1. The number of aliphatic hydroxyl groups is 3. The van der Waals surface area contributed by atoms with Crippen molar-refractivity contribution in [2.75, 3.05) is 19.8 Å². The van der Waals surface area contributed by atoms with Gasteiger partial charge in [0.25, 0.3) is 11.8 Å². The number of carboxylic acid groups (broad SMARTS) is 1. The lowest BCUT2D eigenvalue weighted by Crippen LogP contribution is -2.55. The molecule has 0 saturated heterocycles. The van der Waals surface area contributed by atoms with Crippen LogP contribution in [0.2, 0.25) is 0 Å². The van der Waals surface area contributed by atoms with Gasteiger partial charge in [0.2, 0.25) is 0 Å². The average molecular weight is 301 g/mol. The van der Waals surface area contributed by atoms with Gasteiger partial charge in [0, 0.05) is 32.0 Å². The van der Waals surface area contributed by atoms with E-state index in [4.69, 9.17) is 15.3 Å². The Labute approximate surface area is 121 Å². The van der Waals surface area contributed by atoms with Gasteiger partial charge in [-0.3, -0.25) is 19.3 Å². The molecule has 0 aromatic carbocycles. The number of rotatable bonds is 9. The number of amides is 2. The van der Waals surface area contributed by atoms with Crippen LogP contribution in [-0.2, 0) is 14.4 Å². The van der Waals surface area contributed by atoms with E-state index >= 15 is 0 Å². The predicted molar refractivity (Wildman–Crippen MR) is 70.0 cm³/mol. The maximum atomic E-state index is 11.8. The molecule has 21 heavy (non-hydrogen) atoms. The third-order valence-corrected chi connectivity index (χ3v) is 3.74. The van der Waals surface area contributed by atoms with Crippen LogP contribution >= 0.6 is 0 Å². The maximum Gasteiger partial charge on any atom is 0.311 e. The van der Waals surface area contributed by atoms with Crippen molar-refractivity contribution in [2.45, 2.75) is 25.3 Å². The molecule has 0 aromatic rings. The number of hydrogen-bond donors (Lipinski definition) is 4. The maximum absolute atomic E-state index is 11.8. The first-order valence-electron chi connectivity index (χ1n) is 6.55. The van der Waals surface area contributed by atoms with E-state index < -0.39 is 49.1 Å². The molecule has 2 amide bonds. The van der Waals surface area contributed by atoms with Crippen molar-refractivity contribution in [3.63, 3.8) is 0 Å². The van der Waals surface area contributed by atoms with Crippen LogP contribution in [0.15, 0.2) is 12.2 Å². The number of aliphatic hydroxyl groups excluding tert-OH is 3. The number of imide groups is 1. The van der Waals surface area contributed by atoms with Gasteiger partial charge in [-0.15, -0.1) is 0 Å². The Morgan fingerprint density at radius 1 is 1.05 bits per heavy atom. The Bertz CT molecular complexity index is 422. The molecule has 1 heterocycles. The smallest absolute Gasteiger partial charge is 0.311 e. The van der Waals surface area contributed by atoms with Crippen LogP contribution in [0, 0.1) is 5.41 Å². The molecule has 8 heteroatoms. The van der Waals surface area contributed by atoms with Crippen molar-refractivity contribution < 1.29 is 34.8 Å². The first-order valence-corrected chi connectivity index (χ1v) is 6.55. The van der Waals surface area contributed by atoms with E-state index in [0.29, 0.717) is 0 Å². The minimum Gasteiger partial charge on any atom is -0.481 e. The highest BCUT2D eigenvalue weighted by atomic mass is 16.4. The largest absolute Gasteiger partial charge is 0.481 e. The molecule has 1 aliphatic rings. The minimum atomic E-state index is -1.70. The monoisotopic (exact) mass is 301 g/mol. The summed E-state index contributed by atoms with van der Waals surface area (Å²) in [5.41, 5.74) is -1.70. The molecule has 0 unspecified atom stereocenters. The molecular formula is C13H19NO7. The van der Waals surface area contributed by atoms with Crippen molar-refractivity contribution in [2.24, 2.45) is 5.41 Å². The van der Waals surface area contributed by atoms with Crippen LogP contribution in [-0.4, -0.2) is 69.0 Å². The van der Waals surface area contributed by atoms with E-state index in [9.17, 15) is 19.5 Å². The molecule has 1 aliphatic heterocycles. The summed E-state index contributed by atoms with van der Waals surface area (Å²) >= 11 is 0. The van der Waals surface area contributed by atoms with E-state index in [2.05, 4.69) is 0 Å². The highest BCUT2D eigenvalue weighted by Gasteiger charge is 2.50. The number of nitrogens with zero attached hydrogens (tertiary/aromatic N) is 1. The molecule has 0 aliphatic carbocycles. The summed E-state index contributed by atoms with van der Waals surface area (Å²) in [6.07, 6.45) is 1.41. The molecule has 0 aromatic heterocycles. The molecule has 1 atom stereocenters. The van der Waals surface area contributed by atoms with Crippen molar-refractivity contribution in [1.29, 1.82) is 0 Å². The predicted octanol–water partition coefficient (Wildman–Crippen LogP) is -1.50. The number of hydrogen-bond acceptors (Lipinski definition) is 6.